The van der Waals surface area contributed by atoms with Crippen molar-refractivity contribution in [1.82, 2.24) is 14.9 Å². The molecule has 5 heteroatoms. The number of anilines is 1. The van der Waals surface area contributed by atoms with Crippen molar-refractivity contribution >= 4 is 5.95 Å². The van der Waals surface area contributed by atoms with E-state index >= 15 is 0 Å². The van der Waals surface area contributed by atoms with Crippen LogP contribution in [0.3, 0.4) is 0 Å². The lowest BCUT2D eigenvalue weighted by atomic mass is 9.73. The second kappa shape index (κ2) is 7.89. The van der Waals surface area contributed by atoms with Crippen molar-refractivity contribution in [2.45, 2.75) is 32.8 Å². The van der Waals surface area contributed by atoms with Crippen LogP contribution in [0.5, 0.6) is 5.75 Å². The van der Waals surface area contributed by atoms with Gasteiger partial charge in [-0.3, -0.25) is 0 Å². The molecule has 0 N–H and O–H groups in total. The van der Waals surface area contributed by atoms with Crippen LogP contribution in [0.2, 0.25) is 0 Å². The number of aromatic nitrogens is 2. The van der Waals surface area contributed by atoms with E-state index in [4.69, 9.17) is 9.72 Å². The van der Waals surface area contributed by atoms with Gasteiger partial charge < -0.3 is 14.5 Å². The molecule has 5 rings (SSSR count). The Morgan fingerprint density at radius 2 is 1.53 bits per heavy atom. The fourth-order valence-corrected chi connectivity index (χ4v) is 5.08. The van der Waals surface area contributed by atoms with E-state index < -0.39 is 0 Å². The zero-order valence-electron chi connectivity index (χ0n) is 19.5. The first-order valence-electron chi connectivity index (χ1n) is 11.4. The number of ether oxygens (including phenoxy) is 1. The Hall–Kier alpha value is -2.92. The number of benzene rings is 2. The Bertz CT molecular complexity index is 1080. The molecule has 0 atom stereocenters. The van der Waals surface area contributed by atoms with Crippen LogP contribution in [-0.2, 0) is 12.0 Å². The summed E-state index contributed by atoms with van der Waals surface area (Å²) in [6.07, 6.45) is 1.84. The maximum atomic E-state index is 6.04. The van der Waals surface area contributed by atoms with Crippen molar-refractivity contribution in [3.8, 4) is 5.75 Å². The van der Waals surface area contributed by atoms with Crippen molar-refractivity contribution in [3.05, 3.63) is 83.2 Å². The van der Waals surface area contributed by atoms with Gasteiger partial charge in [0.05, 0.1) is 5.69 Å². The molecule has 2 aromatic carbocycles. The van der Waals surface area contributed by atoms with E-state index in [1.165, 1.54) is 29.8 Å². The third-order valence-corrected chi connectivity index (χ3v) is 6.98. The largest absolute Gasteiger partial charge is 0.487 e. The number of nitrogens with zero attached hydrogens (tertiary/aromatic N) is 4. The van der Waals surface area contributed by atoms with Crippen LogP contribution in [0, 0.1) is 12.3 Å². The summed E-state index contributed by atoms with van der Waals surface area (Å²) >= 11 is 0. The molecule has 1 spiro atoms. The number of hydrogen-bond donors (Lipinski definition) is 0. The standard InChI is InChI=1S/C27H32N4O/c1-20-5-7-21(8-6-20)26(2,3)22-9-11-24(12-10-22)32-15-23-13-14-28-25(29-23)31-18-27(19-31)16-30(4)17-27/h5-14H,15-19H2,1-4H3. The predicted octanol–water partition coefficient (Wildman–Crippen LogP) is 4.44. The fraction of sp³-hybridized carbons (Fsp3) is 0.407. The molecule has 3 heterocycles. The summed E-state index contributed by atoms with van der Waals surface area (Å²) in [4.78, 5) is 13.9. The molecule has 0 saturated carbocycles. The van der Waals surface area contributed by atoms with E-state index in [0.29, 0.717) is 12.0 Å². The van der Waals surface area contributed by atoms with Crippen LogP contribution in [-0.4, -0.2) is 48.1 Å². The van der Waals surface area contributed by atoms with E-state index in [-0.39, 0.29) is 5.41 Å². The Morgan fingerprint density at radius 3 is 2.16 bits per heavy atom. The molecule has 5 nitrogen and oxygen atoms in total. The van der Waals surface area contributed by atoms with Crippen LogP contribution < -0.4 is 9.64 Å². The second-order valence-electron chi connectivity index (χ2n) is 10.2. The van der Waals surface area contributed by atoms with Gasteiger partial charge in [-0.2, -0.15) is 0 Å². The van der Waals surface area contributed by atoms with Crippen molar-refractivity contribution < 1.29 is 4.74 Å². The first-order chi connectivity index (χ1) is 15.3. The van der Waals surface area contributed by atoms with Gasteiger partial charge in [-0.25, -0.2) is 9.97 Å². The quantitative estimate of drug-likeness (QED) is 0.581. The molecule has 0 amide bonds. The van der Waals surface area contributed by atoms with Crippen LogP contribution >= 0.6 is 0 Å². The van der Waals surface area contributed by atoms with E-state index in [2.05, 4.69) is 91.1 Å². The molecule has 3 aromatic rings. The summed E-state index contributed by atoms with van der Waals surface area (Å²) in [6, 6.07) is 19.2. The monoisotopic (exact) mass is 428 g/mol. The van der Waals surface area contributed by atoms with Gasteiger partial charge in [-0.15, -0.1) is 0 Å². The molecule has 166 valence electrons. The lowest BCUT2D eigenvalue weighted by Crippen LogP contribution is -2.71. The highest BCUT2D eigenvalue weighted by molar-refractivity contribution is 5.41. The first kappa shape index (κ1) is 21.0. The highest BCUT2D eigenvalue weighted by Crippen LogP contribution is 2.40. The lowest BCUT2D eigenvalue weighted by Gasteiger charge is -2.59. The third-order valence-electron chi connectivity index (χ3n) is 6.98. The molecule has 2 fully saturated rings. The van der Waals surface area contributed by atoms with Crippen molar-refractivity contribution in [2.75, 3.05) is 38.1 Å². The Labute approximate surface area is 191 Å². The molecule has 2 aliphatic rings. The van der Waals surface area contributed by atoms with Crippen LogP contribution in [0.15, 0.2) is 60.8 Å². The van der Waals surface area contributed by atoms with Gasteiger partial charge in [-0.1, -0.05) is 55.8 Å². The molecule has 0 bridgehead atoms. The minimum atomic E-state index is -0.0579. The average Bonchev–Trinajstić information content (AvgIpc) is 2.74. The van der Waals surface area contributed by atoms with Crippen LogP contribution in [0.4, 0.5) is 5.95 Å². The van der Waals surface area contributed by atoms with Gasteiger partial charge in [0.15, 0.2) is 0 Å². The van der Waals surface area contributed by atoms with E-state index in [9.17, 15) is 0 Å². The zero-order valence-corrected chi connectivity index (χ0v) is 19.5. The van der Waals surface area contributed by atoms with Gasteiger partial charge in [0.2, 0.25) is 5.95 Å². The van der Waals surface area contributed by atoms with E-state index in [1.54, 1.807) is 0 Å². The zero-order chi connectivity index (χ0) is 22.3. The molecule has 0 unspecified atom stereocenters. The second-order valence-corrected chi connectivity index (χ2v) is 10.2. The Morgan fingerprint density at radius 1 is 0.906 bits per heavy atom. The SMILES string of the molecule is Cc1ccc(C(C)(C)c2ccc(OCc3ccnc(N4CC5(CN(C)C5)C4)n3)cc2)cc1. The summed E-state index contributed by atoms with van der Waals surface area (Å²) in [5.41, 5.74) is 5.19. The number of aryl methyl sites for hydroxylation is 1. The molecule has 0 aliphatic carbocycles. The minimum Gasteiger partial charge on any atom is -0.487 e. The highest BCUT2D eigenvalue weighted by Gasteiger charge is 2.51. The highest BCUT2D eigenvalue weighted by atomic mass is 16.5. The fourth-order valence-electron chi connectivity index (χ4n) is 5.08. The maximum Gasteiger partial charge on any atom is 0.225 e. The normalized spacial score (nSPS) is 17.7. The number of hydrogen-bond acceptors (Lipinski definition) is 5. The van der Waals surface area contributed by atoms with Crippen molar-refractivity contribution in [3.63, 3.8) is 0 Å². The molecule has 2 aliphatic heterocycles. The number of rotatable bonds is 6. The minimum absolute atomic E-state index is 0.0579. The topological polar surface area (TPSA) is 41.5 Å². The van der Waals surface area contributed by atoms with E-state index in [1.807, 2.05) is 12.3 Å². The summed E-state index contributed by atoms with van der Waals surface area (Å²) < 4.78 is 6.04. The Balaban J connectivity index is 1.20. The van der Waals surface area contributed by atoms with Crippen LogP contribution in [0.25, 0.3) is 0 Å². The van der Waals surface area contributed by atoms with E-state index in [0.717, 1.165) is 30.5 Å². The summed E-state index contributed by atoms with van der Waals surface area (Å²) in [5, 5.41) is 0. The van der Waals surface area contributed by atoms with Crippen molar-refractivity contribution in [2.24, 2.45) is 5.41 Å². The molecular formula is C27H32N4O. The summed E-state index contributed by atoms with van der Waals surface area (Å²) in [7, 11) is 2.18. The van der Waals surface area contributed by atoms with Gasteiger partial charge in [0.1, 0.15) is 12.4 Å². The average molecular weight is 429 g/mol. The summed E-state index contributed by atoms with van der Waals surface area (Å²) in [5.74, 6) is 1.68. The molecule has 2 saturated heterocycles. The van der Waals surface area contributed by atoms with Crippen molar-refractivity contribution in [1.29, 1.82) is 0 Å². The smallest absolute Gasteiger partial charge is 0.225 e. The van der Waals surface area contributed by atoms with Gasteiger partial charge in [-0.05, 0) is 43.3 Å². The lowest BCUT2D eigenvalue weighted by molar-refractivity contribution is -0.00327. The number of likely N-dealkylation sites (tertiary alicyclic amines) is 1. The first-order valence-corrected chi connectivity index (χ1v) is 11.4. The predicted molar refractivity (Wildman–Crippen MR) is 128 cm³/mol. The molecule has 1 aromatic heterocycles. The van der Waals surface area contributed by atoms with Gasteiger partial charge >= 0.3 is 0 Å². The molecular weight excluding hydrogens is 396 g/mol. The summed E-state index contributed by atoms with van der Waals surface area (Å²) in [6.45, 7) is 11.6. The molecule has 0 radical (unpaired) electrons. The maximum absolute atomic E-state index is 6.04. The molecule has 32 heavy (non-hydrogen) atoms. The third kappa shape index (κ3) is 3.97. The van der Waals surface area contributed by atoms with Crippen LogP contribution in [0.1, 0.15) is 36.2 Å². The van der Waals surface area contributed by atoms with Gasteiger partial charge in [0, 0.05) is 43.2 Å². The Kier molecular flexibility index (Phi) is 5.17. The van der Waals surface area contributed by atoms with Gasteiger partial charge in [0.25, 0.3) is 0 Å².